The van der Waals surface area contributed by atoms with E-state index in [1.807, 2.05) is 6.92 Å². The Morgan fingerprint density at radius 3 is 2.62 bits per heavy atom. The van der Waals surface area contributed by atoms with Gasteiger partial charge in [0.05, 0.1) is 0 Å². The van der Waals surface area contributed by atoms with Crippen LogP contribution in [-0.2, 0) is 9.53 Å². The Labute approximate surface area is 47.8 Å². The van der Waals surface area contributed by atoms with Crippen LogP contribution >= 0.6 is 0 Å². The van der Waals surface area contributed by atoms with Gasteiger partial charge in [0.25, 0.3) is 0 Å². The molecule has 0 aliphatic carbocycles. The highest BCUT2D eigenvalue weighted by Crippen LogP contribution is 2.03. The van der Waals surface area contributed by atoms with Gasteiger partial charge in [0.2, 0.25) is 5.78 Å². The van der Waals surface area contributed by atoms with Gasteiger partial charge in [-0.1, -0.05) is 0 Å². The maximum atomic E-state index is 10.6. The van der Waals surface area contributed by atoms with Crippen LogP contribution in [0.1, 0.15) is 6.92 Å². The molecular weight excluding hydrogens is 106 g/mol. The minimum atomic E-state index is -0.130. The zero-order valence-corrected chi connectivity index (χ0v) is 4.89. The number of carbonyl (C=O) groups is 1. The van der Waals surface area contributed by atoms with E-state index in [0.29, 0.717) is 0 Å². The first kappa shape index (κ1) is 5.72. The summed E-state index contributed by atoms with van der Waals surface area (Å²) < 4.78 is 4.97. The molecule has 0 aromatic carbocycles. The van der Waals surface area contributed by atoms with Gasteiger partial charge in [0.1, 0.15) is 12.7 Å². The summed E-state index contributed by atoms with van der Waals surface area (Å²) in [7, 11) is 0. The van der Waals surface area contributed by atoms with E-state index in [9.17, 15) is 4.79 Å². The minimum absolute atomic E-state index is 0.0301. The van der Waals surface area contributed by atoms with Crippen LogP contribution in [0.25, 0.3) is 0 Å². The fraction of sp³-hybridized carbons (Fsp3) is 0.800. The van der Waals surface area contributed by atoms with Crippen LogP contribution in [0.15, 0.2) is 0 Å². The maximum absolute atomic E-state index is 10.6. The van der Waals surface area contributed by atoms with Gasteiger partial charge in [-0.15, -0.1) is 0 Å². The standard InChI is InChI=1S/C5H9NO2/c1-3-5(6)4(7)2-8-3/h3,5H,2,6H2,1H3/p+1/t3-,5-/m0/s1. The first-order chi connectivity index (χ1) is 3.72. The van der Waals surface area contributed by atoms with Crippen LogP contribution in [0.3, 0.4) is 0 Å². The molecule has 3 heteroatoms. The topological polar surface area (TPSA) is 53.9 Å². The van der Waals surface area contributed by atoms with Gasteiger partial charge in [-0.2, -0.15) is 0 Å². The number of hydrogen-bond acceptors (Lipinski definition) is 2. The molecule has 0 radical (unpaired) electrons. The number of carbonyl (C=O) groups excluding carboxylic acids is 1. The van der Waals surface area contributed by atoms with Crippen molar-refractivity contribution < 1.29 is 15.3 Å². The lowest BCUT2D eigenvalue weighted by Gasteiger charge is -1.99. The molecule has 3 N–H and O–H groups in total. The number of rotatable bonds is 0. The van der Waals surface area contributed by atoms with Gasteiger partial charge in [0.15, 0.2) is 6.04 Å². The zero-order chi connectivity index (χ0) is 6.15. The van der Waals surface area contributed by atoms with Gasteiger partial charge in [0, 0.05) is 0 Å². The number of hydrogen-bond donors (Lipinski definition) is 1. The Kier molecular flexibility index (Phi) is 1.31. The highest BCUT2D eigenvalue weighted by Gasteiger charge is 2.32. The number of Topliss-reactive ketones (excluding diaryl/α,β-unsaturated/α-hetero) is 1. The molecule has 46 valence electrons. The van der Waals surface area contributed by atoms with E-state index >= 15 is 0 Å². The third-order valence-corrected chi connectivity index (χ3v) is 1.47. The predicted molar refractivity (Wildman–Crippen MR) is 27.1 cm³/mol. The first-order valence-corrected chi connectivity index (χ1v) is 2.69. The molecule has 0 unspecified atom stereocenters. The van der Waals surface area contributed by atoms with E-state index in [1.165, 1.54) is 0 Å². The summed E-state index contributed by atoms with van der Waals surface area (Å²) in [4.78, 5) is 10.6. The van der Waals surface area contributed by atoms with E-state index < -0.39 is 0 Å². The average Bonchev–Trinajstić information content (AvgIpc) is 1.98. The van der Waals surface area contributed by atoms with Crippen molar-refractivity contribution in [3.05, 3.63) is 0 Å². The lowest BCUT2D eigenvalue weighted by molar-refractivity contribution is -0.411. The molecule has 1 rings (SSSR count). The fourth-order valence-electron chi connectivity index (χ4n) is 0.699. The summed E-state index contributed by atoms with van der Waals surface area (Å²) in [6.45, 7) is 2.12. The second kappa shape index (κ2) is 1.84. The molecule has 1 aliphatic rings. The summed E-state index contributed by atoms with van der Waals surface area (Å²) in [5.74, 6) is 0.123. The van der Waals surface area contributed by atoms with Crippen molar-refractivity contribution in [1.29, 1.82) is 0 Å². The lowest BCUT2D eigenvalue weighted by Crippen LogP contribution is -2.67. The van der Waals surface area contributed by atoms with E-state index in [1.54, 1.807) is 0 Å². The first-order valence-electron chi connectivity index (χ1n) is 2.69. The molecule has 2 atom stereocenters. The molecule has 3 nitrogen and oxygen atoms in total. The van der Waals surface area contributed by atoms with Gasteiger partial charge in [-0.25, -0.2) is 0 Å². The number of ketones is 1. The Bertz CT molecular complexity index is 113. The van der Waals surface area contributed by atoms with Crippen LogP contribution in [0.4, 0.5) is 0 Å². The number of quaternary nitrogens is 1. The van der Waals surface area contributed by atoms with Crippen molar-refractivity contribution >= 4 is 5.78 Å². The molecule has 8 heavy (non-hydrogen) atoms. The van der Waals surface area contributed by atoms with Gasteiger partial charge < -0.3 is 10.5 Å². The Morgan fingerprint density at radius 1 is 1.88 bits per heavy atom. The fourth-order valence-corrected chi connectivity index (χ4v) is 0.699. The molecule has 1 heterocycles. The summed E-state index contributed by atoms with van der Waals surface area (Å²) >= 11 is 0. The molecule has 0 spiro atoms. The summed E-state index contributed by atoms with van der Waals surface area (Å²) in [5.41, 5.74) is 3.62. The van der Waals surface area contributed by atoms with Gasteiger partial charge in [-0.3, -0.25) is 4.79 Å². The van der Waals surface area contributed by atoms with Crippen molar-refractivity contribution in [1.82, 2.24) is 0 Å². The van der Waals surface area contributed by atoms with Crippen LogP contribution in [0, 0.1) is 0 Å². The average molecular weight is 116 g/mol. The SMILES string of the molecule is C[C@@H]1OCC(=O)[C@H]1[NH3+]. The molecule has 0 aromatic heterocycles. The Balaban J connectivity index is 2.56. The summed E-state index contributed by atoms with van der Waals surface area (Å²) in [6.07, 6.45) is 0.0301. The molecular formula is C5H10NO2+. The van der Waals surface area contributed by atoms with E-state index in [-0.39, 0.29) is 24.5 Å². The van der Waals surface area contributed by atoms with E-state index in [0.717, 1.165) is 0 Å². The molecule has 0 bridgehead atoms. The minimum Gasteiger partial charge on any atom is -0.364 e. The maximum Gasteiger partial charge on any atom is 0.217 e. The van der Waals surface area contributed by atoms with Crippen LogP contribution in [-0.4, -0.2) is 24.5 Å². The van der Waals surface area contributed by atoms with Crippen molar-refractivity contribution in [2.24, 2.45) is 0 Å². The summed E-state index contributed by atoms with van der Waals surface area (Å²) in [5, 5.41) is 0. The van der Waals surface area contributed by atoms with Crippen LogP contribution < -0.4 is 5.73 Å². The Hall–Kier alpha value is -0.410. The van der Waals surface area contributed by atoms with Crippen molar-refractivity contribution in [3.8, 4) is 0 Å². The van der Waals surface area contributed by atoms with Crippen molar-refractivity contribution in [3.63, 3.8) is 0 Å². The van der Waals surface area contributed by atoms with Crippen molar-refractivity contribution in [2.45, 2.75) is 19.1 Å². The molecule has 0 aromatic rings. The highest BCUT2D eigenvalue weighted by atomic mass is 16.5. The Morgan fingerprint density at radius 2 is 2.50 bits per heavy atom. The molecule has 1 saturated heterocycles. The quantitative estimate of drug-likeness (QED) is 0.422. The van der Waals surface area contributed by atoms with Gasteiger partial charge in [-0.05, 0) is 6.92 Å². The monoisotopic (exact) mass is 116 g/mol. The van der Waals surface area contributed by atoms with Crippen LogP contribution in [0.5, 0.6) is 0 Å². The molecule has 0 amide bonds. The third-order valence-electron chi connectivity index (χ3n) is 1.47. The van der Waals surface area contributed by atoms with Gasteiger partial charge >= 0.3 is 0 Å². The lowest BCUT2D eigenvalue weighted by atomic mass is 10.2. The second-order valence-electron chi connectivity index (χ2n) is 2.09. The normalized spacial score (nSPS) is 38.5. The van der Waals surface area contributed by atoms with Crippen LogP contribution in [0.2, 0.25) is 0 Å². The van der Waals surface area contributed by atoms with E-state index in [4.69, 9.17) is 4.74 Å². The largest absolute Gasteiger partial charge is 0.364 e. The highest BCUT2D eigenvalue weighted by molar-refractivity contribution is 5.85. The zero-order valence-electron chi connectivity index (χ0n) is 4.89. The smallest absolute Gasteiger partial charge is 0.217 e. The van der Waals surface area contributed by atoms with E-state index in [2.05, 4.69) is 5.73 Å². The predicted octanol–water partition coefficient (Wildman–Crippen LogP) is -1.42. The molecule has 1 fully saturated rings. The molecule has 1 aliphatic heterocycles. The second-order valence-corrected chi connectivity index (χ2v) is 2.09. The molecule has 0 saturated carbocycles. The van der Waals surface area contributed by atoms with Crippen molar-refractivity contribution in [2.75, 3.05) is 6.61 Å². The summed E-state index contributed by atoms with van der Waals surface area (Å²) in [6, 6.07) is -0.130. The number of ether oxygens (including phenoxy) is 1. The third kappa shape index (κ3) is 0.743.